The summed E-state index contributed by atoms with van der Waals surface area (Å²) in [5, 5.41) is 9.05. The Hall–Kier alpha value is -2.08. The quantitative estimate of drug-likeness (QED) is 0.728. The van der Waals surface area contributed by atoms with Gasteiger partial charge in [0.15, 0.2) is 0 Å². The van der Waals surface area contributed by atoms with Crippen LogP contribution in [0.2, 0.25) is 0 Å². The predicted octanol–water partition coefficient (Wildman–Crippen LogP) is 2.02. The van der Waals surface area contributed by atoms with Gasteiger partial charge in [0, 0.05) is 13.0 Å². The predicted molar refractivity (Wildman–Crippen MR) is 96.8 cm³/mol. The number of piperidine rings is 2. The number of nitrogens with one attached hydrogen (secondary N) is 3. The lowest BCUT2D eigenvalue weighted by molar-refractivity contribution is -0.133. The maximum atomic E-state index is 12.0. The van der Waals surface area contributed by atoms with Crippen molar-refractivity contribution in [1.29, 1.82) is 0 Å². The smallest absolute Gasteiger partial charge is 0.249 e. The highest BCUT2D eigenvalue weighted by atomic mass is 16.5. The van der Waals surface area contributed by atoms with E-state index in [0.717, 1.165) is 30.9 Å². The molecule has 0 spiro atoms. The van der Waals surface area contributed by atoms with Crippen LogP contribution in [0.3, 0.4) is 0 Å². The van der Waals surface area contributed by atoms with Gasteiger partial charge in [-0.25, -0.2) is 0 Å². The Labute approximate surface area is 148 Å². The van der Waals surface area contributed by atoms with E-state index in [-0.39, 0.29) is 17.2 Å². The highest BCUT2D eigenvalue weighted by Crippen LogP contribution is 2.42. The Morgan fingerprint density at radius 2 is 2.04 bits per heavy atom. The summed E-state index contributed by atoms with van der Waals surface area (Å²) in [7, 11) is 1.64. The first kappa shape index (κ1) is 17.7. The molecule has 2 aliphatic heterocycles. The molecule has 1 aromatic rings. The first-order valence-electron chi connectivity index (χ1n) is 8.89. The average Bonchev–Trinajstić information content (AvgIpc) is 2.57. The molecule has 0 radical (unpaired) electrons. The van der Waals surface area contributed by atoms with Gasteiger partial charge in [-0.15, -0.1) is 0 Å². The second kappa shape index (κ2) is 7.04. The van der Waals surface area contributed by atoms with Crippen LogP contribution in [0.25, 0.3) is 0 Å². The van der Waals surface area contributed by atoms with E-state index < -0.39 is 6.04 Å². The molecule has 2 saturated heterocycles. The van der Waals surface area contributed by atoms with Crippen LogP contribution < -0.4 is 20.7 Å². The monoisotopic (exact) mass is 345 g/mol. The highest BCUT2D eigenvalue weighted by molar-refractivity contribution is 6.01. The minimum atomic E-state index is -0.409. The van der Waals surface area contributed by atoms with Crippen LogP contribution in [-0.2, 0) is 9.59 Å². The maximum absolute atomic E-state index is 12.0. The van der Waals surface area contributed by atoms with Crippen molar-refractivity contribution < 1.29 is 14.3 Å². The van der Waals surface area contributed by atoms with Gasteiger partial charge >= 0.3 is 0 Å². The summed E-state index contributed by atoms with van der Waals surface area (Å²) in [5.74, 6) is 0.712. The largest absolute Gasteiger partial charge is 0.495 e. The minimum absolute atomic E-state index is 0.182. The molecule has 2 fully saturated rings. The number of methoxy groups -OCH3 is 1. The van der Waals surface area contributed by atoms with Crippen molar-refractivity contribution in [3.63, 3.8) is 0 Å². The fraction of sp³-hybridized carbons (Fsp3) is 0.579. The molecule has 3 rings (SSSR count). The molecule has 1 aromatic carbocycles. The Bertz CT molecular complexity index is 672. The molecular weight excluding hydrogens is 318 g/mol. The van der Waals surface area contributed by atoms with Crippen molar-refractivity contribution in [2.75, 3.05) is 25.5 Å². The van der Waals surface area contributed by atoms with Crippen molar-refractivity contribution >= 4 is 17.5 Å². The van der Waals surface area contributed by atoms with Crippen molar-refractivity contribution in [3.8, 4) is 5.75 Å². The Kier molecular flexibility index (Phi) is 4.99. The van der Waals surface area contributed by atoms with E-state index in [2.05, 4.69) is 41.9 Å². The summed E-state index contributed by atoms with van der Waals surface area (Å²) in [6, 6.07) is 5.77. The van der Waals surface area contributed by atoms with Gasteiger partial charge in [0.1, 0.15) is 11.8 Å². The third kappa shape index (κ3) is 3.79. The number of benzene rings is 1. The van der Waals surface area contributed by atoms with E-state index in [9.17, 15) is 9.59 Å². The van der Waals surface area contributed by atoms with Crippen LogP contribution in [0.4, 0.5) is 5.69 Å². The van der Waals surface area contributed by atoms with E-state index in [1.165, 1.54) is 5.56 Å². The normalized spacial score (nSPS) is 26.0. The van der Waals surface area contributed by atoms with Crippen molar-refractivity contribution in [2.24, 2.45) is 5.41 Å². The Morgan fingerprint density at radius 1 is 1.24 bits per heavy atom. The van der Waals surface area contributed by atoms with Crippen LogP contribution in [0.15, 0.2) is 18.2 Å². The van der Waals surface area contributed by atoms with Gasteiger partial charge < -0.3 is 15.4 Å². The fourth-order valence-electron chi connectivity index (χ4n) is 3.85. The van der Waals surface area contributed by atoms with Crippen molar-refractivity contribution in [2.45, 2.75) is 45.1 Å². The zero-order chi connectivity index (χ0) is 18.0. The minimum Gasteiger partial charge on any atom is -0.495 e. The molecular formula is C19H27N3O3. The van der Waals surface area contributed by atoms with Gasteiger partial charge in [-0.05, 0) is 48.4 Å². The van der Waals surface area contributed by atoms with Gasteiger partial charge in [-0.1, -0.05) is 19.9 Å². The van der Waals surface area contributed by atoms with Gasteiger partial charge in [-0.3, -0.25) is 14.9 Å². The van der Waals surface area contributed by atoms with Gasteiger partial charge in [0.25, 0.3) is 0 Å². The van der Waals surface area contributed by atoms with Crippen LogP contribution in [0, 0.1) is 5.41 Å². The molecule has 2 amide bonds. The number of carbonyl (C=O) groups is 2. The zero-order valence-electron chi connectivity index (χ0n) is 15.1. The molecule has 25 heavy (non-hydrogen) atoms. The van der Waals surface area contributed by atoms with Crippen molar-refractivity contribution in [1.82, 2.24) is 10.6 Å². The van der Waals surface area contributed by atoms with E-state index in [0.29, 0.717) is 18.8 Å². The van der Waals surface area contributed by atoms with Gasteiger partial charge in [0.05, 0.1) is 12.8 Å². The number of rotatable bonds is 4. The number of imide groups is 1. The fourth-order valence-corrected chi connectivity index (χ4v) is 3.85. The number of ether oxygens (including phenoxy) is 1. The molecule has 2 aliphatic rings. The molecule has 136 valence electrons. The molecule has 2 heterocycles. The summed E-state index contributed by atoms with van der Waals surface area (Å²) in [6.07, 6.45) is 1.94. The second-order valence-corrected chi connectivity index (χ2v) is 7.61. The zero-order valence-corrected chi connectivity index (χ0v) is 15.1. The number of anilines is 1. The number of hydrogen-bond acceptors (Lipinski definition) is 5. The van der Waals surface area contributed by atoms with Crippen LogP contribution >= 0.6 is 0 Å². The average molecular weight is 345 g/mol. The molecule has 0 aliphatic carbocycles. The molecule has 2 unspecified atom stereocenters. The number of carbonyl (C=O) groups excluding carboxylic acids is 2. The maximum Gasteiger partial charge on any atom is 0.249 e. The SMILES string of the molecule is COc1cc(C2CCNCC2(C)C)ccc1NC1CCC(=O)NC1=O. The Morgan fingerprint density at radius 3 is 2.72 bits per heavy atom. The molecule has 2 atom stereocenters. The van der Waals surface area contributed by atoms with Gasteiger partial charge in [-0.2, -0.15) is 0 Å². The third-order valence-corrected chi connectivity index (χ3v) is 5.33. The van der Waals surface area contributed by atoms with Crippen LogP contribution in [-0.4, -0.2) is 38.1 Å². The molecule has 0 bridgehead atoms. The molecule has 0 saturated carbocycles. The lowest BCUT2D eigenvalue weighted by Gasteiger charge is -2.39. The van der Waals surface area contributed by atoms with Crippen molar-refractivity contribution in [3.05, 3.63) is 23.8 Å². The van der Waals surface area contributed by atoms with Crippen LogP contribution in [0.1, 0.15) is 44.6 Å². The van der Waals surface area contributed by atoms with E-state index in [4.69, 9.17) is 4.74 Å². The summed E-state index contributed by atoms with van der Waals surface area (Å²) >= 11 is 0. The summed E-state index contributed by atoms with van der Waals surface area (Å²) in [6.45, 7) is 6.58. The molecule has 3 N–H and O–H groups in total. The Balaban J connectivity index is 1.80. The van der Waals surface area contributed by atoms with E-state index in [1.807, 2.05) is 6.07 Å². The summed E-state index contributed by atoms with van der Waals surface area (Å²) in [5.41, 5.74) is 2.23. The van der Waals surface area contributed by atoms with Gasteiger partial charge in [0.2, 0.25) is 11.8 Å². The number of amides is 2. The highest BCUT2D eigenvalue weighted by Gasteiger charge is 2.34. The summed E-state index contributed by atoms with van der Waals surface area (Å²) < 4.78 is 5.57. The summed E-state index contributed by atoms with van der Waals surface area (Å²) in [4.78, 5) is 23.3. The van der Waals surface area contributed by atoms with Crippen LogP contribution in [0.5, 0.6) is 5.75 Å². The second-order valence-electron chi connectivity index (χ2n) is 7.61. The third-order valence-electron chi connectivity index (χ3n) is 5.33. The molecule has 0 aromatic heterocycles. The van der Waals surface area contributed by atoms with E-state index >= 15 is 0 Å². The number of hydrogen-bond donors (Lipinski definition) is 3. The molecule has 6 nitrogen and oxygen atoms in total. The van der Waals surface area contributed by atoms with E-state index in [1.54, 1.807) is 7.11 Å². The topological polar surface area (TPSA) is 79.5 Å². The lowest BCUT2D eigenvalue weighted by atomic mass is 9.71. The first-order chi connectivity index (χ1) is 11.9. The molecule has 6 heteroatoms. The standard InChI is InChI=1S/C19H27N3O3/c1-19(2)11-20-9-8-13(19)12-4-5-14(16(10-12)25-3)21-15-6-7-17(23)22-18(15)24/h4-5,10,13,15,20-21H,6-9,11H2,1-3H3,(H,22,23,24). The first-order valence-corrected chi connectivity index (χ1v) is 8.89. The lowest BCUT2D eigenvalue weighted by Crippen LogP contribution is -2.47.